The zero-order valence-corrected chi connectivity index (χ0v) is 11.9. The van der Waals surface area contributed by atoms with Crippen molar-refractivity contribution in [3.8, 4) is 10.4 Å². The van der Waals surface area contributed by atoms with Crippen LogP contribution in [0, 0.1) is 12.7 Å². The molecule has 0 atom stereocenters. The molecule has 1 fully saturated rings. The van der Waals surface area contributed by atoms with E-state index in [0.29, 0.717) is 16.1 Å². The van der Waals surface area contributed by atoms with Crippen molar-refractivity contribution in [2.75, 3.05) is 5.73 Å². The lowest BCUT2D eigenvalue weighted by molar-refractivity contribution is 0.0952. The first-order valence-corrected chi connectivity index (χ1v) is 7.34. The minimum absolute atomic E-state index is 0.152. The second kappa shape index (κ2) is 4.90. The van der Waals surface area contributed by atoms with Crippen molar-refractivity contribution in [2.24, 2.45) is 0 Å². The van der Waals surface area contributed by atoms with Crippen LogP contribution in [0.3, 0.4) is 0 Å². The first-order chi connectivity index (χ1) is 9.58. The third kappa shape index (κ3) is 2.29. The molecule has 1 aliphatic rings. The molecule has 20 heavy (non-hydrogen) atoms. The first-order valence-electron chi connectivity index (χ1n) is 6.52. The number of benzene rings is 1. The topological polar surface area (TPSA) is 55.1 Å². The summed E-state index contributed by atoms with van der Waals surface area (Å²) in [5, 5.41) is 3.37. The van der Waals surface area contributed by atoms with Crippen LogP contribution in [-0.4, -0.2) is 11.9 Å². The number of carbonyl (C=O) groups is 1. The molecule has 1 aliphatic carbocycles. The molecule has 1 aromatic heterocycles. The van der Waals surface area contributed by atoms with Crippen LogP contribution in [0.4, 0.5) is 9.39 Å². The van der Waals surface area contributed by atoms with Crippen molar-refractivity contribution in [2.45, 2.75) is 25.8 Å². The molecule has 0 spiro atoms. The first kappa shape index (κ1) is 13.1. The normalized spacial score (nSPS) is 14.3. The molecule has 5 heteroatoms. The van der Waals surface area contributed by atoms with Gasteiger partial charge in [0.25, 0.3) is 5.91 Å². The lowest BCUT2D eigenvalue weighted by atomic mass is 10.1. The molecule has 1 aromatic carbocycles. The van der Waals surface area contributed by atoms with Gasteiger partial charge in [0.1, 0.15) is 5.82 Å². The summed E-state index contributed by atoms with van der Waals surface area (Å²) in [5.41, 5.74) is 7.69. The monoisotopic (exact) mass is 290 g/mol. The molecule has 0 aliphatic heterocycles. The summed E-state index contributed by atoms with van der Waals surface area (Å²) < 4.78 is 13.9. The van der Waals surface area contributed by atoms with E-state index in [-0.39, 0.29) is 17.8 Å². The van der Waals surface area contributed by atoms with Crippen LogP contribution in [-0.2, 0) is 0 Å². The van der Waals surface area contributed by atoms with Crippen molar-refractivity contribution in [1.82, 2.24) is 5.32 Å². The zero-order chi connectivity index (χ0) is 14.3. The van der Waals surface area contributed by atoms with Gasteiger partial charge in [-0.25, -0.2) is 4.39 Å². The van der Waals surface area contributed by atoms with Crippen LogP contribution in [0.25, 0.3) is 10.4 Å². The fourth-order valence-electron chi connectivity index (χ4n) is 2.21. The van der Waals surface area contributed by atoms with Crippen molar-refractivity contribution >= 4 is 22.2 Å². The molecule has 1 amide bonds. The smallest absolute Gasteiger partial charge is 0.254 e. The Balaban J connectivity index is 2.02. The Labute approximate surface area is 120 Å². The molecule has 0 saturated heterocycles. The number of nitrogen functional groups attached to an aromatic ring is 1. The van der Waals surface area contributed by atoms with Crippen molar-refractivity contribution < 1.29 is 9.18 Å². The Morgan fingerprint density at radius 1 is 1.40 bits per heavy atom. The van der Waals surface area contributed by atoms with E-state index in [2.05, 4.69) is 5.32 Å². The molecule has 3 rings (SSSR count). The van der Waals surface area contributed by atoms with E-state index in [4.69, 9.17) is 5.73 Å². The molecular weight excluding hydrogens is 275 g/mol. The molecule has 0 bridgehead atoms. The van der Waals surface area contributed by atoms with Gasteiger partial charge in [-0.2, -0.15) is 0 Å². The van der Waals surface area contributed by atoms with Gasteiger partial charge in [-0.05, 0) is 31.4 Å². The van der Waals surface area contributed by atoms with Gasteiger partial charge in [-0.3, -0.25) is 4.79 Å². The Hall–Kier alpha value is -1.88. The Kier molecular flexibility index (Phi) is 3.22. The van der Waals surface area contributed by atoms with E-state index < -0.39 is 0 Å². The average Bonchev–Trinajstić information content (AvgIpc) is 3.15. The standard InChI is InChI=1S/C15H15FN2OS/c1-8-12(15(19)18-9-6-7-9)14(17)20-13(8)10-4-2-3-5-11(10)16/h2-5,9H,6-7,17H2,1H3,(H,18,19). The third-order valence-corrected chi connectivity index (χ3v) is 4.59. The maximum atomic E-state index is 13.9. The number of halogens is 1. The van der Waals surface area contributed by atoms with Gasteiger partial charge in [0.15, 0.2) is 0 Å². The van der Waals surface area contributed by atoms with Crippen LogP contribution in [0.15, 0.2) is 24.3 Å². The van der Waals surface area contributed by atoms with Gasteiger partial charge in [0, 0.05) is 16.5 Å². The number of nitrogens with two attached hydrogens (primary N) is 1. The zero-order valence-electron chi connectivity index (χ0n) is 11.1. The van der Waals surface area contributed by atoms with Crippen LogP contribution in [0.5, 0.6) is 0 Å². The number of amides is 1. The maximum absolute atomic E-state index is 13.9. The van der Waals surface area contributed by atoms with Gasteiger partial charge < -0.3 is 11.1 Å². The fraction of sp³-hybridized carbons (Fsp3) is 0.267. The predicted octanol–water partition coefficient (Wildman–Crippen LogP) is 3.34. The van der Waals surface area contributed by atoms with E-state index in [1.165, 1.54) is 17.4 Å². The highest BCUT2D eigenvalue weighted by molar-refractivity contribution is 7.19. The highest BCUT2D eigenvalue weighted by Gasteiger charge is 2.27. The Morgan fingerprint density at radius 3 is 2.75 bits per heavy atom. The molecule has 0 unspecified atom stereocenters. The van der Waals surface area contributed by atoms with Gasteiger partial charge >= 0.3 is 0 Å². The predicted molar refractivity (Wildman–Crippen MR) is 79.4 cm³/mol. The van der Waals surface area contributed by atoms with Crippen LogP contribution < -0.4 is 11.1 Å². The summed E-state index contributed by atoms with van der Waals surface area (Å²) in [6, 6.07) is 6.81. The Morgan fingerprint density at radius 2 is 2.10 bits per heavy atom. The number of rotatable bonds is 3. The number of thiophene rings is 1. The van der Waals surface area contributed by atoms with E-state index in [1.54, 1.807) is 18.2 Å². The number of carbonyl (C=O) groups excluding carboxylic acids is 1. The number of nitrogens with one attached hydrogen (secondary N) is 1. The Bertz CT molecular complexity index is 677. The van der Waals surface area contributed by atoms with E-state index in [0.717, 1.165) is 23.3 Å². The number of anilines is 1. The minimum atomic E-state index is -0.300. The molecule has 1 heterocycles. The minimum Gasteiger partial charge on any atom is -0.390 e. The molecule has 2 aromatic rings. The lowest BCUT2D eigenvalue weighted by Gasteiger charge is -2.05. The summed E-state index contributed by atoms with van der Waals surface area (Å²) in [7, 11) is 0. The van der Waals surface area contributed by atoms with Gasteiger partial charge in [0.05, 0.1) is 10.6 Å². The highest BCUT2D eigenvalue weighted by atomic mass is 32.1. The van der Waals surface area contributed by atoms with Crippen LogP contribution >= 0.6 is 11.3 Å². The quantitative estimate of drug-likeness (QED) is 0.911. The highest BCUT2D eigenvalue weighted by Crippen LogP contribution is 2.39. The molecule has 3 nitrogen and oxygen atoms in total. The van der Waals surface area contributed by atoms with Crippen LogP contribution in [0.2, 0.25) is 0 Å². The molecule has 3 N–H and O–H groups in total. The molecule has 104 valence electrons. The second-order valence-electron chi connectivity index (χ2n) is 5.02. The van der Waals surface area contributed by atoms with Gasteiger partial charge in [-0.1, -0.05) is 18.2 Å². The number of hydrogen-bond donors (Lipinski definition) is 2. The van der Waals surface area contributed by atoms with Crippen LogP contribution in [0.1, 0.15) is 28.8 Å². The van der Waals surface area contributed by atoms with Crippen molar-refractivity contribution in [3.63, 3.8) is 0 Å². The van der Waals surface area contributed by atoms with Crippen molar-refractivity contribution in [3.05, 3.63) is 41.2 Å². The second-order valence-corrected chi connectivity index (χ2v) is 6.08. The summed E-state index contributed by atoms with van der Waals surface area (Å²) in [4.78, 5) is 12.9. The third-order valence-electron chi connectivity index (χ3n) is 3.43. The summed E-state index contributed by atoms with van der Waals surface area (Å²) in [6.45, 7) is 1.82. The maximum Gasteiger partial charge on any atom is 0.254 e. The van der Waals surface area contributed by atoms with Gasteiger partial charge in [0.2, 0.25) is 0 Å². The van der Waals surface area contributed by atoms with E-state index in [9.17, 15) is 9.18 Å². The average molecular weight is 290 g/mol. The van der Waals surface area contributed by atoms with Gasteiger partial charge in [-0.15, -0.1) is 11.3 Å². The summed E-state index contributed by atoms with van der Waals surface area (Å²) >= 11 is 1.26. The molecule has 1 saturated carbocycles. The van der Waals surface area contributed by atoms with E-state index in [1.807, 2.05) is 6.92 Å². The summed E-state index contributed by atoms with van der Waals surface area (Å²) in [5.74, 6) is -0.452. The number of hydrogen-bond acceptors (Lipinski definition) is 3. The largest absolute Gasteiger partial charge is 0.390 e. The molecule has 0 radical (unpaired) electrons. The molecular formula is C15H15FN2OS. The van der Waals surface area contributed by atoms with E-state index >= 15 is 0 Å². The fourth-order valence-corrected chi connectivity index (χ4v) is 3.30. The summed E-state index contributed by atoms with van der Waals surface area (Å²) in [6.07, 6.45) is 2.05. The lowest BCUT2D eigenvalue weighted by Crippen LogP contribution is -2.26. The van der Waals surface area contributed by atoms with Crippen molar-refractivity contribution in [1.29, 1.82) is 0 Å². The SMILES string of the molecule is Cc1c(-c2ccccc2F)sc(N)c1C(=O)NC1CC1.